The summed E-state index contributed by atoms with van der Waals surface area (Å²) in [7, 11) is -3.83. The Labute approximate surface area is 195 Å². The summed E-state index contributed by atoms with van der Waals surface area (Å²) in [6.45, 7) is 4.64. The molecule has 6 unspecified atom stereocenters. The number of amides is 1. The number of fused-ring (bicyclic) bond motifs is 1. The number of halogens is 1. The minimum atomic E-state index is -3.83. The third-order valence-electron chi connectivity index (χ3n) is 7.01. The third kappa shape index (κ3) is 6.10. The smallest absolute Gasteiger partial charge is 0.240 e. The first-order chi connectivity index (χ1) is 15.9. The average Bonchev–Trinajstić information content (AvgIpc) is 3.24. The molecule has 1 saturated carbocycles. The Morgan fingerprint density at radius 1 is 1.18 bits per heavy atom. The fraction of sp³-hybridized carbons (Fsp3) is 0.696. The van der Waals surface area contributed by atoms with Gasteiger partial charge in [0.25, 0.3) is 0 Å². The van der Waals surface area contributed by atoms with Gasteiger partial charge in [0.15, 0.2) is 0 Å². The molecule has 0 radical (unpaired) electrons. The number of hydrogen-bond acceptors (Lipinski definition) is 6. The van der Waals surface area contributed by atoms with Crippen LogP contribution in [0.2, 0.25) is 0 Å². The van der Waals surface area contributed by atoms with E-state index in [1.165, 1.54) is 12.1 Å². The molecule has 0 aromatic heterocycles. The van der Waals surface area contributed by atoms with Crippen LogP contribution in [-0.4, -0.2) is 64.4 Å². The van der Waals surface area contributed by atoms with E-state index in [1.54, 1.807) is 12.1 Å². The van der Waals surface area contributed by atoms with E-state index in [0.29, 0.717) is 38.0 Å². The van der Waals surface area contributed by atoms with Crippen LogP contribution in [0.3, 0.4) is 0 Å². The standard InChI is InChI=1S/C23H35FN4O4S/c1-2-32-17-5-8-21(19(24)12-17)28-33(30,31)18-6-3-15(4-7-18)13-26-23(29)22-11-16-14-25-10-9-20(16)27-22/h3-4,6-7,16-17,19-22,25,27-28H,2,5,8-14H2,1H3,(H,26,29). The Morgan fingerprint density at radius 3 is 2.67 bits per heavy atom. The minimum absolute atomic E-state index is 0.0283. The molecule has 4 N–H and O–H groups in total. The maximum atomic E-state index is 14.5. The van der Waals surface area contributed by atoms with Crippen LogP contribution in [0, 0.1) is 5.92 Å². The fourth-order valence-corrected chi connectivity index (χ4v) is 6.46. The number of hydrogen-bond donors (Lipinski definition) is 4. The van der Waals surface area contributed by atoms with E-state index in [1.807, 2.05) is 6.92 Å². The summed E-state index contributed by atoms with van der Waals surface area (Å²) >= 11 is 0. The highest BCUT2D eigenvalue weighted by atomic mass is 32.2. The van der Waals surface area contributed by atoms with Gasteiger partial charge in [-0.1, -0.05) is 12.1 Å². The SMILES string of the molecule is CCOC1CCC(NS(=O)(=O)c2ccc(CNC(=O)C3CC4CNCCC4N3)cc2)C(F)C1. The number of nitrogens with one attached hydrogen (secondary N) is 4. The highest BCUT2D eigenvalue weighted by Crippen LogP contribution is 2.26. The van der Waals surface area contributed by atoms with Crippen LogP contribution in [0.4, 0.5) is 4.39 Å². The molecule has 3 aliphatic rings. The maximum Gasteiger partial charge on any atom is 0.240 e. The summed E-state index contributed by atoms with van der Waals surface area (Å²) in [4.78, 5) is 12.6. The van der Waals surface area contributed by atoms with E-state index in [4.69, 9.17) is 4.74 Å². The van der Waals surface area contributed by atoms with Crippen LogP contribution in [0.25, 0.3) is 0 Å². The summed E-state index contributed by atoms with van der Waals surface area (Å²) < 4.78 is 47.9. The van der Waals surface area contributed by atoms with Crippen LogP contribution in [-0.2, 0) is 26.1 Å². The maximum absolute atomic E-state index is 14.5. The predicted molar refractivity (Wildman–Crippen MR) is 123 cm³/mol. The number of piperidine rings is 1. The van der Waals surface area contributed by atoms with Crippen molar-refractivity contribution in [3.05, 3.63) is 29.8 Å². The molecule has 1 aromatic carbocycles. The highest BCUT2D eigenvalue weighted by molar-refractivity contribution is 7.89. The van der Waals surface area contributed by atoms with Crippen molar-refractivity contribution < 1.29 is 22.3 Å². The second-order valence-electron chi connectivity index (χ2n) is 9.31. The van der Waals surface area contributed by atoms with E-state index >= 15 is 0 Å². The van der Waals surface area contributed by atoms with E-state index in [2.05, 4.69) is 20.7 Å². The summed E-state index contributed by atoms with van der Waals surface area (Å²) in [6.07, 6.45) is 1.68. The minimum Gasteiger partial charge on any atom is -0.378 e. The number of benzene rings is 1. The molecule has 4 rings (SSSR count). The van der Waals surface area contributed by atoms with Gasteiger partial charge in [-0.3, -0.25) is 4.79 Å². The molecule has 0 spiro atoms. The van der Waals surface area contributed by atoms with E-state index in [0.717, 1.165) is 31.5 Å². The Morgan fingerprint density at radius 2 is 1.97 bits per heavy atom. The summed E-state index contributed by atoms with van der Waals surface area (Å²) in [5.41, 5.74) is 0.806. The molecule has 8 nitrogen and oxygen atoms in total. The second-order valence-corrected chi connectivity index (χ2v) is 11.0. The molecule has 2 saturated heterocycles. The van der Waals surface area contributed by atoms with E-state index in [9.17, 15) is 17.6 Å². The van der Waals surface area contributed by atoms with Gasteiger partial charge in [0.05, 0.1) is 23.1 Å². The Bertz CT molecular complexity index is 900. The van der Waals surface area contributed by atoms with Crippen molar-refractivity contribution in [3.8, 4) is 0 Å². The molecule has 0 bridgehead atoms. The lowest BCUT2D eigenvalue weighted by molar-refractivity contribution is -0.123. The van der Waals surface area contributed by atoms with Gasteiger partial charge in [-0.2, -0.15) is 0 Å². The Balaban J connectivity index is 1.27. The lowest BCUT2D eigenvalue weighted by atomic mass is 9.92. The molecule has 33 heavy (non-hydrogen) atoms. The molecule has 2 aliphatic heterocycles. The average molecular weight is 483 g/mol. The zero-order valence-electron chi connectivity index (χ0n) is 19.1. The monoisotopic (exact) mass is 482 g/mol. The molecule has 1 aliphatic carbocycles. The number of carbonyl (C=O) groups is 1. The number of alkyl halides is 1. The van der Waals surface area contributed by atoms with Gasteiger partial charge in [-0.25, -0.2) is 17.5 Å². The topological polar surface area (TPSA) is 109 Å². The van der Waals surface area contributed by atoms with Crippen molar-refractivity contribution >= 4 is 15.9 Å². The molecule has 1 aromatic rings. The molecule has 3 fully saturated rings. The largest absolute Gasteiger partial charge is 0.378 e. The number of rotatable bonds is 8. The number of ether oxygens (including phenoxy) is 1. The van der Waals surface area contributed by atoms with Gasteiger partial charge in [-0.15, -0.1) is 0 Å². The lowest BCUT2D eigenvalue weighted by Gasteiger charge is -2.31. The molecular weight excluding hydrogens is 447 g/mol. The van der Waals surface area contributed by atoms with Crippen LogP contribution >= 0.6 is 0 Å². The van der Waals surface area contributed by atoms with Gasteiger partial charge < -0.3 is 20.7 Å². The summed E-state index contributed by atoms with van der Waals surface area (Å²) in [5.74, 6) is 0.462. The van der Waals surface area contributed by atoms with Crippen molar-refractivity contribution in [2.75, 3.05) is 19.7 Å². The van der Waals surface area contributed by atoms with Gasteiger partial charge in [0.1, 0.15) is 6.17 Å². The summed E-state index contributed by atoms with van der Waals surface area (Å²) in [5, 5.41) is 9.75. The van der Waals surface area contributed by atoms with Gasteiger partial charge in [0, 0.05) is 25.6 Å². The molecular formula is C23H35FN4O4S. The quantitative estimate of drug-likeness (QED) is 0.444. The first-order valence-corrected chi connectivity index (χ1v) is 13.5. The Kier molecular flexibility index (Phi) is 8.01. The van der Waals surface area contributed by atoms with Crippen LogP contribution in [0.5, 0.6) is 0 Å². The fourth-order valence-electron chi connectivity index (χ4n) is 5.17. The van der Waals surface area contributed by atoms with Crippen molar-refractivity contribution in [2.24, 2.45) is 5.92 Å². The first-order valence-electron chi connectivity index (χ1n) is 12.0. The van der Waals surface area contributed by atoms with E-state index in [-0.39, 0.29) is 29.4 Å². The molecule has 184 valence electrons. The van der Waals surface area contributed by atoms with Gasteiger partial charge in [-0.05, 0) is 69.3 Å². The second kappa shape index (κ2) is 10.8. The van der Waals surface area contributed by atoms with Crippen molar-refractivity contribution in [3.63, 3.8) is 0 Å². The third-order valence-corrected chi connectivity index (χ3v) is 8.52. The van der Waals surface area contributed by atoms with Crippen LogP contribution in [0.1, 0.15) is 44.6 Å². The number of sulfonamides is 1. The normalized spacial score (nSPS) is 32.3. The molecule has 2 heterocycles. The molecule has 1 amide bonds. The first kappa shape index (κ1) is 24.5. The Hall–Kier alpha value is -1.59. The molecule has 6 atom stereocenters. The highest BCUT2D eigenvalue weighted by Gasteiger charge is 2.38. The van der Waals surface area contributed by atoms with Crippen LogP contribution < -0.4 is 20.7 Å². The van der Waals surface area contributed by atoms with Crippen molar-refractivity contribution in [2.45, 2.75) is 80.9 Å². The predicted octanol–water partition coefficient (Wildman–Crippen LogP) is 1.22. The van der Waals surface area contributed by atoms with Crippen molar-refractivity contribution in [1.82, 2.24) is 20.7 Å². The zero-order valence-corrected chi connectivity index (χ0v) is 19.9. The van der Waals surface area contributed by atoms with Gasteiger partial charge >= 0.3 is 0 Å². The number of carbonyl (C=O) groups excluding carboxylic acids is 1. The molecule has 10 heteroatoms. The zero-order chi connectivity index (χ0) is 23.4. The van der Waals surface area contributed by atoms with E-state index < -0.39 is 22.2 Å². The van der Waals surface area contributed by atoms with Gasteiger partial charge in [0.2, 0.25) is 15.9 Å². The lowest BCUT2D eigenvalue weighted by Crippen LogP contribution is -2.46. The summed E-state index contributed by atoms with van der Waals surface area (Å²) in [6, 6.07) is 5.82. The van der Waals surface area contributed by atoms with Crippen molar-refractivity contribution in [1.29, 1.82) is 0 Å². The van der Waals surface area contributed by atoms with Crippen LogP contribution in [0.15, 0.2) is 29.2 Å².